The summed E-state index contributed by atoms with van der Waals surface area (Å²) in [5.41, 5.74) is -0.530. The second-order valence-corrected chi connectivity index (χ2v) is 3.03. The molecule has 0 amide bonds. The van der Waals surface area contributed by atoms with Crippen LogP contribution in [0.5, 0.6) is 0 Å². The van der Waals surface area contributed by atoms with Crippen LogP contribution in [0, 0.1) is 5.41 Å². The summed E-state index contributed by atoms with van der Waals surface area (Å²) >= 11 is 0. The third-order valence-corrected chi connectivity index (χ3v) is 1.67. The van der Waals surface area contributed by atoms with Crippen molar-refractivity contribution in [1.82, 2.24) is 5.32 Å². The van der Waals surface area contributed by atoms with Crippen molar-refractivity contribution in [2.24, 2.45) is 0 Å². The number of esters is 1. The number of nitrogens with one attached hydrogen (secondary N) is 2. The van der Waals surface area contributed by atoms with Crippen LogP contribution >= 0.6 is 0 Å². The standard InChI is InChI=1S/C11H16N2O4/c1-4-5-10(15)13-9(11(16)17-3)6-8(12)7(2)14/h5-6,12-15H,2,4H2,1,3H3/b9-6-,10-5+,12-8?. The van der Waals surface area contributed by atoms with Gasteiger partial charge in [-0.25, -0.2) is 4.79 Å². The molecule has 0 aromatic carbocycles. The summed E-state index contributed by atoms with van der Waals surface area (Å²) in [7, 11) is 1.16. The monoisotopic (exact) mass is 240 g/mol. The zero-order valence-electron chi connectivity index (χ0n) is 9.78. The molecule has 6 heteroatoms. The first-order valence-electron chi connectivity index (χ1n) is 4.85. The van der Waals surface area contributed by atoms with Gasteiger partial charge in [-0.15, -0.1) is 0 Å². The van der Waals surface area contributed by atoms with Gasteiger partial charge >= 0.3 is 5.97 Å². The zero-order chi connectivity index (χ0) is 13.4. The fourth-order valence-electron chi connectivity index (χ4n) is 0.866. The van der Waals surface area contributed by atoms with Gasteiger partial charge in [0.05, 0.1) is 12.8 Å². The molecular formula is C11H16N2O4. The van der Waals surface area contributed by atoms with Crippen LogP contribution in [0.25, 0.3) is 0 Å². The summed E-state index contributed by atoms with van der Waals surface area (Å²) in [6.45, 7) is 4.94. The minimum absolute atomic E-state index is 0.171. The number of hydrogen-bond acceptors (Lipinski definition) is 6. The van der Waals surface area contributed by atoms with Gasteiger partial charge < -0.3 is 20.3 Å². The fourth-order valence-corrected chi connectivity index (χ4v) is 0.866. The SMILES string of the molecule is C=C(O)C(=N)/C=C(\N/C(O)=C\CC)C(=O)OC. The molecule has 0 rings (SSSR count). The highest BCUT2D eigenvalue weighted by Crippen LogP contribution is 2.01. The van der Waals surface area contributed by atoms with Gasteiger partial charge in [0, 0.05) is 0 Å². The molecule has 0 aromatic heterocycles. The first kappa shape index (κ1) is 14.8. The minimum Gasteiger partial charge on any atom is -0.506 e. The van der Waals surface area contributed by atoms with Gasteiger partial charge in [-0.05, 0) is 18.6 Å². The molecule has 0 heterocycles. The molecular weight excluding hydrogens is 224 g/mol. The Morgan fingerprint density at radius 3 is 2.53 bits per heavy atom. The van der Waals surface area contributed by atoms with Gasteiger partial charge in [0.25, 0.3) is 0 Å². The molecule has 0 saturated carbocycles. The molecule has 0 aliphatic carbocycles. The van der Waals surface area contributed by atoms with Crippen molar-refractivity contribution >= 4 is 11.7 Å². The van der Waals surface area contributed by atoms with Gasteiger partial charge in [-0.2, -0.15) is 0 Å². The van der Waals surface area contributed by atoms with Crippen molar-refractivity contribution in [3.05, 3.63) is 36.1 Å². The third kappa shape index (κ3) is 5.41. The smallest absolute Gasteiger partial charge is 0.354 e. The van der Waals surface area contributed by atoms with Crippen molar-refractivity contribution in [2.75, 3.05) is 7.11 Å². The van der Waals surface area contributed by atoms with E-state index in [1.165, 1.54) is 6.08 Å². The van der Waals surface area contributed by atoms with E-state index < -0.39 is 11.7 Å². The Labute approximate surface area is 99.4 Å². The molecule has 4 N–H and O–H groups in total. The summed E-state index contributed by atoms with van der Waals surface area (Å²) in [6, 6.07) is 0. The average Bonchev–Trinajstić information content (AvgIpc) is 2.27. The van der Waals surface area contributed by atoms with Gasteiger partial charge in [-0.3, -0.25) is 5.41 Å². The minimum atomic E-state index is -0.771. The summed E-state index contributed by atoms with van der Waals surface area (Å²) in [5.74, 6) is -1.50. The van der Waals surface area contributed by atoms with E-state index in [1.807, 2.05) is 0 Å². The number of ether oxygens (including phenoxy) is 1. The molecule has 0 atom stereocenters. The molecule has 0 spiro atoms. The first-order valence-corrected chi connectivity index (χ1v) is 4.85. The molecule has 6 nitrogen and oxygen atoms in total. The lowest BCUT2D eigenvalue weighted by molar-refractivity contribution is -0.136. The van der Waals surface area contributed by atoms with Crippen molar-refractivity contribution in [2.45, 2.75) is 13.3 Å². The van der Waals surface area contributed by atoms with Gasteiger partial charge in [0.15, 0.2) is 5.88 Å². The number of allylic oxidation sites excluding steroid dienone is 2. The van der Waals surface area contributed by atoms with Crippen LogP contribution in [0.2, 0.25) is 0 Å². The average molecular weight is 240 g/mol. The number of carbonyl (C=O) groups excluding carboxylic acids is 1. The zero-order valence-corrected chi connectivity index (χ0v) is 9.78. The first-order chi connectivity index (χ1) is 7.92. The van der Waals surface area contributed by atoms with Crippen LogP contribution in [0.3, 0.4) is 0 Å². The topological polar surface area (TPSA) is 103 Å². The lowest BCUT2D eigenvalue weighted by Crippen LogP contribution is -2.22. The quantitative estimate of drug-likeness (QED) is 0.244. The molecule has 0 aromatic rings. The third-order valence-electron chi connectivity index (χ3n) is 1.67. The molecule has 17 heavy (non-hydrogen) atoms. The van der Waals surface area contributed by atoms with Crippen LogP contribution in [-0.2, 0) is 9.53 Å². The van der Waals surface area contributed by atoms with Crippen LogP contribution in [0.15, 0.2) is 36.1 Å². The van der Waals surface area contributed by atoms with Crippen LogP contribution in [-0.4, -0.2) is 29.0 Å². The Bertz CT molecular complexity index is 383. The van der Waals surface area contributed by atoms with E-state index >= 15 is 0 Å². The van der Waals surface area contributed by atoms with E-state index in [-0.39, 0.29) is 17.3 Å². The van der Waals surface area contributed by atoms with E-state index in [2.05, 4.69) is 16.6 Å². The molecule has 0 unspecified atom stereocenters. The Morgan fingerprint density at radius 1 is 1.53 bits per heavy atom. The summed E-state index contributed by atoms with van der Waals surface area (Å²) < 4.78 is 4.46. The predicted molar refractivity (Wildman–Crippen MR) is 63.7 cm³/mol. The number of rotatable bonds is 6. The second-order valence-electron chi connectivity index (χ2n) is 3.03. The number of carbonyl (C=O) groups is 1. The van der Waals surface area contributed by atoms with Gasteiger partial charge in [-0.1, -0.05) is 13.5 Å². The highest BCUT2D eigenvalue weighted by Gasteiger charge is 2.12. The van der Waals surface area contributed by atoms with Crippen LogP contribution < -0.4 is 5.32 Å². The number of hydrogen-bond donors (Lipinski definition) is 4. The fraction of sp³-hybridized carbons (Fsp3) is 0.273. The number of aliphatic hydroxyl groups is 2. The Balaban J connectivity index is 5.02. The summed E-state index contributed by atoms with van der Waals surface area (Å²) in [6.07, 6.45) is 3.01. The number of aliphatic hydroxyl groups excluding tert-OH is 2. The van der Waals surface area contributed by atoms with Crippen LogP contribution in [0.1, 0.15) is 13.3 Å². The van der Waals surface area contributed by atoms with Crippen molar-refractivity contribution in [3.8, 4) is 0 Å². The lowest BCUT2D eigenvalue weighted by Gasteiger charge is -2.08. The summed E-state index contributed by atoms with van der Waals surface area (Å²) in [4.78, 5) is 11.3. The number of methoxy groups -OCH3 is 1. The maximum Gasteiger partial charge on any atom is 0.354 e. The molecule has 0 radical (unpaired) electrons. The molecule has 94 valence electrons. The van der Waals surface area contributed by atoms with Gasteiger partial charge in [0.1, 0.15) is 11.5 Å². The molecule has 0 saturated heterocycles. The maximum absolute atomic E-state index is 11.3. The van der Waals surface area contributed by atoms with E-state index in [1.54, 1.807) is 6.92 Å². The van der Waals surface area contributed by atoms with Crippen molar-refractivity contribution in [1.29, 1.82) is 5.41 Å². The van der Waals surface area contributed by atoms with E-state index in [0.29, 0.717) is 6.42 Å². The molecule has 0 fully saturated rings. The Kier molecular flexibility index (Phi) is 6.17. The Hall–Kier alpha value is -2.24. The van der Waals surface area contributed by atoms with Crippen LogP contribution in [0.4, 0.5) is 0 Å². The predicted octanol–water partition coefficient (Wildman–Crippen LogP) is 1.53. The highest BCUT2D eigenvalue weighted by atomic mass is 16.5. The highest BCUT2D eigenvalue weighted by molar-refractivity contribution is 6.08. The molecule has 0 bridgehead atoms. The van der Waals surface area contributed by atoms with E-state index in [9.17, 15) is 9.90 Å². The molecule has 0 aliphatic heterocycles. The second kappa shape index (κ2) is 7.10. The van der Waals surface area contributed by atoms with E-state index in [4.69, 9.17) is 10.5 Å². The summed E-state index contributed by atoms with van der Waals surface area (Å²) in [5, 5.41) is 28.0. The largest absolute Gasteiger partial charge is 0.506 e. The van der Waals surface area contributed by atoms with Crippen molar-refractivity contribution < 1.29 is 19.7 Å². The molecule has 0 aliphatic rings. The van der Waals surface area contributed by atoms with Gasteiger partial charge in [0.2, 0.25) is 0 Å². The Morgan fingerprint density at radius 2 is 2.12 bits per heavy atom. The van der Waals surface area contributed by atoms with Crippen molar-refractivity contribution in [3.63, 3.8) is 0 Å². The maximum atomic E-state index is 11.3. The van der Waals surface area contributed by atoms with E-state index in [0.717, 1.165) is 13.2 Å². The lowest BCUT2D eigenvalue weighted by atomic mass is 10.2. The normalized spacial score (nSPS) is 11.9.